The lowest BCUT2D eigenvalue weighted by Gasteiger charge is -2.27. The van der Waals surface area contributed by atoms with E-state index < -0.39 is 0 Å². The van der Waals surface area contributed by atoms with Crippen LogP contribution in [-0.2, 0) is 0 Å². The second-order valence-electron chi connectivity index (χ2n) is 6.49. The van der Waals surface area contributed by atoms with E-state index in [1.165, 1.54) is 23.1 Å². The van der Waals surface area contributed by atoms with Crippen LogP contribution in [0.25, 0.3) is 0 Å². The molecule has 0 amide bonds. The van der Waals surface area contributed by atoms with E-state index in [2.05, 4.69) is 30.3 Å². The van der Waals surface area contributed by atoms with Crippen molar-refractivity contribution in [1.82, 2.24) is 0 Å². The van der Waals surface area contributed by atoms with Crippen LogP contribution in [0.5, 0.6) is 5.75 Å². The van der Waals surface area contributed by atoms with Crippen molar-refractivity contribution >= 4 is 5.78 Å². The number of ketones is 1. The molecule has 0 heterocycles. The number of ether oxygens (including phenoxy) is 1. The standard InChI is InChI=1S/C20H20O2/c1-12(21)20-16(8-5-9-19(20)22-2)18-11-13-10-17(18)15-7-4-3-6-14(13)15/h3-9,13,17-18H,10-11H2,1-2H3/t13?,17?,18-/m1/s1. The summed E-state index contributed by atoms with van der Waals surface area (Å²) >= 11 is 0. The van der Waals surface area contributed by atoms with Gasteiger partial charge in [-0.25, -0.2) is 0 Å². The Hall–Kier alpha value is -2.09. The van der Waals surface area contributed by atoms with Gasteiger partial charge in [0.05, 0.1) is 12.7 Å². The highest BCUT2D eigenvalue weighted by Gasteiger charge is 2.45. The Morgan fingerprint density at radius 3 is 2.27 bits per heavy atom. The predicted molar refractivity (Wildman–Crippen MR) is 86.9 cm³/mol. The average molecular weight is 292 g/mol. The number of hydrogen-bond acceptors (Lipinski definition) is 2. The minimum atomic E-state index is 0.100. The van der Waals surface area contributed by atoms with Crippen LogP contribution in [0, 0.1) is 0 Å². The maximum atomic E-state index is 12.2. The third-order valence-electron chi connectivity index (χ3n) is 5.43. The quantitative estimate of drug-likeness (QED) is 0.769. The van der Waals surface area contributed by atoms with Gasteiger partial charge in [-0.05, 0) is 60.3 Å². The monoisotopic (exact) mass is 292 g/mol. The summed E-state index contributed by atoms with van der Waals surface area (Å²) in [6.45, 7) is 1.64. The Balaban J connectivity index is 1.81. The largest absolute Gasteiger partial charge is 0.496 e. The van der Waals surface area contributed by atoms with Gasteiger partial charge in [0, 0.05) is 0 Å². The van der Waals surface area contributed by atoms with Gasteiger partial charge in [0.1, 0.15) is 5.75 Å². The first kappa shape index (κ1) is 13.6. The Bertz CT molecular complexity index is 747. The second kappa shape index (κ2) is 4.98. The summed E-state index contributed by atoms with van der Waals surface area (Å²) in [5.74, 6) is 2.45. The number of carbonyl (C=O) groups excluding carboxylic acids is 1. The number of fused-ring (bicyclic) bond motifs is 5. The molecule has 2 unspecified atom stereocenters. The second-order valence-corrected chi connectivity index (χ2v) is 6.49. The minimum absolute atomic E-state index is 0.100. The number of Topliss-reactive ketones (excluding diaryl/α,β-unsaturated/α-hetero) is 1. The van der Waals surface area contributed by atoms with Crippen molar-refractivity contribution in [2.45, 2.75) is 37.5 Å². The topological polar surface area (TPSA) is 26.3 Å². The highest BCUT2D eigenvalue weighted by atomic mass is 16.5. The predicted octanol–water partition coefficient (Wildman–Crippen LogP) is 4.66. The van der Waals surface area contributed by atoms with Crippen LogP contribution in [0.1, 0.15) is 64.6 Å². The van der Waals surface area contributed by atoms with Crippen LogP contribution in [0.15, 0.2) is 42.5 Å². The van der Waals surface area contributed by atoms with Gasteiger partial charge in [-0.15, -0.1) is 0 Å². The fourth-order valence-corrected chi connectivity index (χ4v) is 4.60. The third-order valence-corrected chi connectivity index (χ3v) is 5.43. The zero-order valence-electron chi connectivity index (χ0n) is 13.0. The van der Waals surface area contributed by atoms with Gasteiger partial charge in [0.15, 0.2) is 5.78 Å². The maximum absolute atomic E-state index is 12.2. The lowest BCUT2D eigenvalue weighted by Crippen LogP contribution is -2.13. The number of hydrogen-bond donors (Lipinski definition) is 0. The molecular formula is C20H20O2. The molecule has 0 spiro atoms. The zero-order valence-corrected chi connectivity index (χ0v) is 13.0. The first-order valence-electron chi connectivity index (χ1n) is 7.97. The summed E-state index contributed by atoms with van der Waals surface area (Å²) in [4.78, 5) is 12.2. The van der Waals surface area contributed by atoms with E-state index in [1.807, 2.05) is 12.1 Å². The molecule has 2 aliphatic rings. The van der Waals surface area contributed by atoms with E-state index in [0.29, 0.717) is 23.5 Å². The molecule has 4 rings (SSSR count). The van der Waals surface area contributed by atoms with E-state index in [4.69, 9.17) is 4.74 Å². The zero-order chi connectivity index (χ0) is 15.3. The molecule has 22 heavy (non-hydrogen) atoms. The first-order chi connectivity index (χ1) is 10.7. The number of methoxy groups -OCH3 is 1. The van der Waals surface area contributed by atoms with E-state index in [1.54, 1.807) is 14.0 Å². The fourth-order valence-electron chi connectivity index (χ4n) is 4.60. The summed E-state index contributed by atoms with van der Waals surface area (Å²) in [5, 5.41) is 0. The van der Waals surface area contributed by atoms with Crippen LogP contribution in [-0.4, -0.2) is 12.9 Å². The van der Waals surface area contributed by atoms with E-state index in [9.17, 15) is 4.79 Å². The van der Waals surface area contributed by atoms with Gasteiger partial charge in [-0.3, -0.25) is 4.79 Å². The van der Waals surface area contributed by atoms with Crippen molar-refractivity contribution in [2.75, 3.05) is 7.11 Å². The molecule has 2 heteroatoms. The fraction of sp³-hybridized carbons (Fsp3) is 0.350. The van der Waals surface area contributed by atoms with Crippen LogP contribution in [0.2, 0.25) is 0 Å². The number of rotatable bonds is 3. The third kappa shape index (κ3) is 1.83. The van der Waals surface area contributed by atoms with Crippen LogP contribution in [0.4, 0.5) is 0 Å². The van der Waals surface area contributed by atoms with E-state index in [-0.39, 0.29) is 5.78 Å². The highest BCUT2D eigenvalue weighted by molar-refractivity contribution is 5.98. The molecule has 2 bridgehead atoms. The molecule has 1 fully saturated rings. The number of benzene rings is 2. The lowest BCUT2D eigenvalue weighted by atomic mass is 9.77. The van der Waals surface area contributed by atoms with Gasteiger partial charge in [0.25, 0.3) is 0 Å². The average Bonchev–Trinajstić information content (AvgIpc) is 3.13. The van der Waals surface area contributed by atoms with Crippen LogP contribution >= 0.6 is 0 Å². The summed E-state index contributed by atoms with van der Waals surface area (Å²) in [6, 6.07) is 14.8. The molecule has 2 aromatic carbocycles. The first-order valence-corrected chi connectivity index (χ1v) is 7.97. The van der Waals surface area contributed by atoms with Crippen molar-refractivity contribution in [3.05, 3.63) is 64.7 Å². The van der Waals surface area contributed by atoms with E-state index in [0.717, 1.165) is 12.0 Å². The molecule has 0 N–H and O–H groups in total. The summed E-state index contributed by atoms with van der Waals surface area (Å²) < 4.78 is 5.44. The maximum Gasteiger partial charge on any atom is 0.163 e. The number of carbonyl (C=O) groups is 1. The summed E-state index contributed by atoms with van der Waals surface area (Å²) in [7, 11) is 1.64. The Kier molecular flexibility index (Phi) is 3.07. The Morgan fingerprint density at radius 1 is 0.955 bits per heavy atom. The van der Waals surface area contributed by atoms with Crippen LogP contribution < -0.4 is 4.74 Å². The van der Waals surface area contributed by atoms with Crippen molar-refractivity contribution in [1.29, 1.82) is 0 Å². The van der Waals surface area contributed by atoms with Gasteiger partial charge < -0.3 is 4.74 Å². The Labute approximate surface area is 131 Å². The molecule has 0 saturated heterocycles. The van der Waals surface area contributed by atoms with Gasteiger partial charge >= 0.3 is 0 Å². The Morgan fingerprint density at radius 2 is 1.59 bits per heavy atom. The normalized spacial score (nSPS) is 25.1. The molecule has 1 saturated carbocycles. The molecule has 0 aromatic heterocycles. The SMILES string of the molecule is COc1cccc([C@H]2CC3CC2c2ccccc23)c1C(C)=O. The van der Waals surface area contributed by atoms with Gasteiger partial charge in [-0.1, -0.05) is 36.4 Å². The molecule has 0 radical (unpaired) electrons. The molecule has 0 aliphatic heterocycles. The van der Waals surface area contributed by atoms with Crippen molar-refractivity contribution in [2.24, 2.45) is 0 Å². The minimum Gasteiger partial charge on any atom is -0.496 e. The van der Waals surface area contributed by atoms with Gasteiger partial charge in [-0.2, -0.15) is 0 Å². The van der Waals surface area contributed by atoms with Crippen molar-refractivity contribution in [3.8, 4) is 5.75 Å². The van der Waals surface area contributed by atoms with Crippen LogP contribution in [0.3, 0.4) is 0 Å². The lowest BCUT2D eigenvalue weighted by molar-refractivity contribution is 0.101. The molecule has 2 aromatic rings. The molecule has 2 nitrogen and oxygen atoms in total. The summed E-state index contributed by atoms with van der Waals surface area (Å²) in [5.41, 5.74) is 4.96. The van der Waals surface area contributed by atoms with E-state index >= 15 is 0 Å². The smallest absolute Gasteiger partial charge is 0.163 e. The summed E-state index contributed by atoms with van der Waals surface area (Å²) in [6.07, 6.45) is 2.37. The highest BCUT2D eigenvalue weighted by Crippen LogP contribution is 2.60. The van der Waals surface area contributed by atoms with Gasteiger partial charge in [0.2, 0.25) is 0 Å². The molecule has 2 aliphatic carbocycles. The molecule has 3 atom stereocenters. The molecule has 112 valence electrons. The van der Waals surface area contributed by atoms with Crippen molar-refractivity contribution < 1.29 is 9.53 Å². The van der Waals surface area contributed by atoms with Crippen molar-refractivity contribution in [3.63, 3.8) is 0 Å². The molecular weight excluding hydrogens is 272 g/mol.